The van der Waals surface area contributed by atoms with Crippen LogP contribution in [0, 0.1) is 5.92 Å². The highest BCUT2D eigenvalue weighted by Gasteiger charge is 2.13. The molecule has 3 rings (SSSR count). The molecule has 2 aromatic rings. The monoisotopic (exact) mass is 308 g/mol. The fourth-order valence-corrected chi connectivity index (χ4v) is 3.32. The van der Waals surface area contributed by atoms with Crippen molar-refractivity contribution in [2.24, 2.45) is 5.92 Å². The topological polar surface area (TPSA) is 26.3 Å². The quantitative estimate of drug-likeness (QED) is 0.657. The van der Waals surface area contributed by atoms with Crippen molar-refractivity contribution in [2.45, 2.75) is 38.5 Å². The number of benzene rings is 2. The Kier molecular flexibility index (Phi) is 5.46. The number of ether oxygens (including phenoxy) is 1. The normalized spacial score (nSPS) is 15.3. The van der Waals surface area contributed by atoms with Crippen LogP contribution in [0.4, 0.5) is 0 Å². The molecule has 0 N–H and O–H groups in total. The number of carbonyl (C=O) groups is 1. The number of aldehydes is 1. The Hall–Kier alpha value is -2.09. The van der Waals surface area contributed by atoms with Gasteiger partial charge in [-0.15, -0.1) is 0 Å². The predicted octanol–water partition coefficient (Wildman–Crippen LogP) is 5.52. The van der Waals surface area contributed by atoms with E-state index in [0.717, 1.165) is 35.7 Å². The summed E-state index contributed by atoms with van der Waals surface area (Å²) < 4.78 is 5.89. The van der Waals surface area contributed by atoms with Gasteiger partial charge in [0.25, 0.3) is 0 Å². The molecule has 1 aliphatic rings. The van der Waals surface area contributed by atoms with Crippen LogP contribution in [0.5, 0.6) is 5.75 Å². The third kappa shape index (κ3) is 4.44. The summed E-state index contributed by atoms with van der Waals surface area (Å²) in [5.74, 6) is 1.80. The van der Waals surface area contributed by atoms with Gasteiger partial charge in [0.2, 0.25) is 0 Å². The first kappa shape index (κ1) is 15.8. The third-order valence-corrected chi connectivity index (χ3v) is 4.75. The largest absolute Gasteiger partial charge is 0.494 e. The third-order valence-electron chi connectivity index (χ3n) is 4.75. The average molecular weight is 308 g/mol. The van der Waals surface area contributed by atoms with Crippen LogP contribution in [-0.2, 0) is 0 Å². The van der Waals surface area contributed by atoms with Gasteiger partial charge < -0.3 is 4.74 Å². The first-order valence-corrected chi connectivity index (χ1v) is 8.63. The fraction of sp³-hybridized carbons (Fsp3) is 0.381. The summed E-state index contributed by atoms with van der Waals surface area (Å²) in [5.41, 5.74) is 2.96. The molecule has 23 heavy (non-hydrogen) atoms. The highest BCUT2D eigenvalue weighted by atomic mass is 16.5. The maximum atomic E-state index is 10.7. The molecule has 0 radical (unpaired) electrons. The lowest BCUT2D eigenvalue weighted by molar-refractivity contribution is 0.112. The van der Waals surface area contributed by atoms with E-state index in [2.05, 4.69) is 12.1 Å². The summed E-state index contributed by atoms with van der Waals surface area (Å²) in [6.07, 6.45) is 8.98. The molecule has 0 bridgehead atoms. The molecular weight excluding hydrogens is 284 g/mol. The van der Waals surface area contributed by atoms with Gasteiger partial charge in [-0.25, -0.2) is 0 Å². The zero-order chi connectivity index (χ0) is 15.9. The minimum absolute atomic E-state index is 0.705. The van der Waals surface area contributed by atoms with E-state index in [0.29, 0.717) is 5.56 Å². The van der Waals surface area contributed by atoms with E-state index in [4.69, 9.17) is 4.74 Å². The van der Waals surface area contributed by atoms with Crippen LogP contribution in [0.1, 0.15) is 48.9 Å². The molecule has 0 aliphatic heterocycles. The lowest BCUT2D eigenvalue weighted by Gasteiger charge is -2.21. The Morgan fingerprint density at radius 1 is 0.870 bits per heavy atom. The van der Waals surface area contributed by atoms with Crippen molar-refractivity contribution in [2.75, 3.05) is 6.61 Å². The second-order valence-corrected chi connectivity index (χ2v) is 6.41. The van der Waals surface area contributed by atoms with E-state index < -0.39 is 0 Å². The summed E-state index contributed by atoms with van der Waals surface area (Å²) >= 11 is 0. The summed E-state index contributed by atoms with van der Waals surface area (Å²) in [6, 6.07) is 15.9. The van der Waals surface area contributed by atoms with Crippen molar-refractivity contribution < 1.29 is 9.53 Å². The Labute approximate surface area is 138 Å². The van der Waals surface area contributed by atoms with Gasteiger partial charge in [-0.05, 0) is 35.6 Å². The zero-order valence-corrected chi connectivity index (χ0v) is 13.5. The van der Waals surface area contributed by atoms with Crippen molar-refractivity contribution in [1.29, 1.82) is 0 Å². The second kappa shape index (κ2) is 7.96. The van der Waals surface area contributed by atoms with Crippen molar-refractivity contribution in [1.82, 2.24) is 0 Å². The molecule has 0 amide bonds. The number of carbonyl (C=O) groups excluding carboxylic acids is 1. The van der Waals surface area contributed by atoms with Crippen LogP contribution in [0.15, 0.2) is 48.5 Å². The summed E-state index contributed by atoms with van der Waals surface area (Å²) in [4.78, 5) is 10.7. The van der Waals surface area contributed by atoms with Crippen LogP contribution >= 0.6 is 0 Å². The first-order valence-electron chi connectivity index (χ1n) is 8.63. The van der Waals surface area contributed by atoms with E-state index in [9.17, 15) is 4.79 Å². The maximum absolute atomic E-state index is 10.7. The Morgan fingerprint density at radius 2 is 1.48 bits per heavy atom. The highest BCUT2D eigenvalue weighted by molar-refractivity contribution is 5.76. The van der Waals surface area contributed by atoms with Crippen LogP contribution in [0.2, 0.25) is 0 Å². The second-order valence-electron chi connectivity index (χ2n) is 6.41. The molecule has 0 aromatic heterocycles. The molecule has 1 fully saturated rings. The number of hydrogen-bond donors (Lipinski definition) is 0. The van der Waals surface area contributed by atoms with Gasteiger partial charge in [0.1, 0.15) is 12.0 Å². The average Bonchev–Trinajstić information content (AvgIpc) is 2.63. The Bertz CT molecular complexity index is 607. The summed E-state index contributed by atoms with van der Waals surface area (Å²) in [6.45, 7) is 0.818. The standard InChI is InChI=1S/C21H24O2/c22-16-18-6-8-19(9-7-18)20-10-12-21(13-11-20)23-15-14-17-4-2-1-3-5-17/h6-13,16-17H,1-5,14-15H2. The van der Waals surface area contributed by atoms with Crippen LogP contribution < -0.4 is 4.74 Å². The van der Waals surface area contributed by atoms with Crippen LogP contribution in [0.25, 0.3) is 11.1 Å². The molecule has 1 saturated carbocycles. The number of hydrogen-bond acceptors (Lipinski definition) is 2. The minimum atomic E-state index is 0.705. The lowest BCUT2D eigenvalue weighted by atomic mass is 9.87. The molecule has 0 spiro atoms. The van der Waals surface area contributed by atoms with E-state index in [-0.39, 0.29) is 0 Å². The van der Waals surface area contributed by atoms with E-state index >= 15 is 0 Å². The molecule has 2 heteroatoms. The van der Waals surface area contributed by atoms with Gasteiger partial charge in [0.15, 0.2) is 0 Å². The smallest absolute Gasteiger partial charge is 0.150 e. The van der Waals surface area contributed by atoms with Crippen molar-refractivity contribution in [3.8, 4) is 16.9 Å². The van der Waals surface area contributed by atoms with Crippen molar-refractivity contribution in [3.63, 3.8) is 0 Å². The van der Waals surface area contributed by atoms with Gasteiger partial charge in [0, 0.05) is 5.56 Å². The molecular formula is C21H24O2. The van der Waals surface area contributed by atoms with Gasteiger partial charge in [-0.2, -0.15) is 0 Å². The summed E-state index contributed by atoms with van der Waals surface area (Å²) in [5, 5.41) is 0. The van der Waals surface area contributed by atoms with Gasteiger partial charge in [0.05, 0.1) is 6.61 Å². The van der Waals surface area contributed by atoms with Crippen molar-refractivity contribution in [3.05, 3.63) is 54.1 Å². The first-order chi connectivity index (χ1) is 11.3. The predicted molar refractivity (Wildman–Crippen MR) is 94.0 cm³/mol. The molecule has 1 aliphatic carbocycles. The van der Waals surface area contributed by atoms with Crippen molar-refractivity contribution >= 4 is 6.29 Å². The van der Waals surface area contributed by atoms with Crippen LogP contribution in [-0.4, -0.2) is 12.9 Å². The molecule has 2 nitrogen and oxygen atoms in total. The van der Waals surface area contributed by atoms with Crippen LogP contribution in [0.3, 0.4) is 0 Å². The zero-order valence-electron chi connectivity index (χ0n) is 13.5. The fourth-order valence-electron chi connectivity index (χ4n) is 3.32. The van der Waals surface area contributed by atoms with Gasteiger partial charge in [-0.1, -0.05) is 68.5 Å². The van der Waals surface area contributed by atoms with E-state index in [1.807, 2.05) is 36.4 Å². The highest BCUT2D eigenvalue weighted by Crippen LogP contribution is 2.27. The molecule has 2 aromatic carbocycles. The Morgan fingerprint density at radius 3 is 2.09 bits per heavy atom. The molecule has 0 heterocycles. The lowest BCUT2D eigenvalue weighted by Crippen LogP contribution is -2.10. The Balaban J connectivity index is 1.52. The van der Waals surface area contributed by atoms with E-state index in [1.165, 1.54) is 38.5 Å². The van der Waals surface area contributed by atoms with E-state index in [1.54, 1.807) is 0 Å². The number of rotatable bonds is 6. The molecule has 120 valence electrons. The minimum Gasteiger partial charge on any atom is -0.494 e. The molecule has 0 unspecified atom stereocenters. The summed E-state index contributed by atoms with van der Waals surface area (Å²) in [7, 11) is 0. The molecule has 0 saturated heterocycles. The SMILES string of the molecule is O=Cc1ccc(-c2ccc(OCCC3CCCCC3)cc2)cc1. The molecule has 0 atom stereocenters. The maximum Gasteiger partial charge on any atom is 0.150 e. The van der Waals surface area contributed by atoms with Gasteiger partial charge in [-0.3, -0.25) is 4.79 Å². The van der Waals surface area contributed by atoms with Gasteiger partial charge >= 0.3 is 0 Å².